The molecule has 3 amide bonds. The lowest BCUT2D eigenvalue weighted by Gasteiger charge is -2.25. The van der Waals surface area contributed by atoms with Crippen molar-refractivity contribution in [1.82, 2.24) is 10.2 Å². The Morgan fingerprint density at radius 3 is 2.58 bits per heavy atom. The normalized spacial score (nSPS) is 11.2. The van der Waals surface area contributed by atoms with Crippen molar-refractivity contribution in [3.05, 3.63) is 29.3 Å². The van der Waals surface area contributed by atoms with Crippen LogP contribution in [0.1, 0.15) is 46.9 Å². The third kappa shape index (κ3) is 5.80. The Morgan fingerprint density at radius 1 is 1.23 bits per heavy atom. The van der Waals surface area contributed by atoms with E-state index in [0.29, 0.717) is 31.3 Å². The number of hydrogen-bond donors (Lipinski definition) is 2. The topological polar surface area (TPSA) is 113 Å². The molecule has 0 spiro atoms. The van der Waals surface area contributed by atoms with Gasteiger partial charge in [0.25, 0.3) is 5.91 Å². The maximum atomic E-state index is 12.7. The Balaban J connectivity index is 2.88. The zero-order chi connectivity index (χ0) is 19.5. The van der Waals surface area contributed by atoms with Gasteiger partial charge in [-0.2, -0.15) is 0 Å². The first-order valence-corrected chi connectivity index (χ1v) is 8.22. The highest BCUT2D eigenvalue weighted by atomic mass is 16.2. The SMILES string of the molecule is CC(CCC(=O)NC=O)N(C)C(=O)c1cccc(NCCC=O)c1C=O. The fourth-order valence-corrected chi connectivity index (χ4v) is 2.36. The summed E-state index contributed by atoms with van der Waals surface area (Å²) in [5.74, 6) is -0.767. The molecule has 0 aliphatic rings. The maximum absolute atomic E-state index is 12.7. The van der Waals surface area contributed by atoms with E-state index in [-0.39, 0.29) is 35.9 Å². The summed E-state index contributed by atoms with van der Waals surface area (Å²) < 4.78 is 0. The number of aldehydes is 2. The van der Waals surface area contributed by atoms with Crippen LogP contribution >= 0.6 is 0 Å². The quantitative estimate of drug-likeness (QED) is 0.449. The van der Waals surface area contributed by atoms with Crippen molar-refractivity contribution in [2.45, 2.75) is 32.2 Å². The molecule has 0 fully saturated rings. The van der Waals surface area contributed by atoms with Crippen LogP contribution < -0.4 is 10.6 Å². The number of rotatable bonds is 11. The summed E-state index contributed by atoms with van der Waals surface area (Å²) >= 11 is 0. The standard InChI is InChI=1S/C18H23N3O5/c1-13(7-8-17(25)20-12-24)21(2)18(26)14-5-3-6-16(15(14)11-23)19-9-4-10-22/h3,5-6,10-13,19H,4,7-9H2,1-2H3,(H,20,24,25). The van der Waals surface area contributed by atoms with Crippen molar-refractivity contribution in [2.75, 3.05) is 18.9 Å². The molecular weight excluding hydrogens is 338 g/mol. The molecule has 2 N–H and O–H groups in total. The predicted molar refractivity (Wildman–Crippen MR) is 96.0 cm³/mol. The third-order valence-corrected chi connectivity index (χ3v) is 4.02. The van der Waals surface area contributed by atoms with Crippen molar-refractivity contribution >= 4 is 36.5 Å². The lowest BCUT2D eigenvalue weighted by Crippen LogP contribution is -2.36. The minimum absolute atomic E-state index is 0.103. The average molecular weight is 361 g/mol. The number of hydrogen-bond acceptors (Lipinski definition) is 6. The minimum Gasteiger partial charge on any atom is -0.384 e. The Hall–Kier alpha value is -3.03. The van der Waals surface area contributed by atoms with Crippen LogP contribution in [0, 0.1) is 0 Å². The van der Waals surface area contributed by atoms with Gasteiger partial charge < -0.3 is 15.0 Å². The number of anilines is 1. The number of imide groups is 1. The highest BCUT2D eigenvalue weighted by Gasteiger charge is 2.22. The molecule has 0 heterocycles. The first-order chi connectivity index (χ1) is 12.5. The summed E-state index contributed by atoms with van der Waals surface area (Å²) in [6.07, 6.45) is 2.45. The van der Waals surface area contributed by atoms with Gasteiger partial charge in [-0.05, 0) is 25.5 Å². The smallest absolute Gasteiger partial charge is 0.254 e. The van der Waals surface area contributed by atoms with Gasteiger partial charge in [-0.15, -0.1) is 0 Å². The second kappa shape index (κ2) is 10.8. The van der Waals surface area contributed by atoms with Gasteiger partial charge in [0.05, 0.1) is 11.1 Å². The second-order valence-electron chi connectivity index (χ2n) is 5.76. The molecule has 0 aliphatic heterocycles. The summed E-state index contributed by atoms with van der Waals surface area (Å²) in [6.45, 7) is 2.14. The van der Waals surface area contributed by atoms with Crippen molar-refractivity contribution in [3.63, 3.8) is 0 Å². The molecule has 1 atom stereocenters. The van der Waals surface area contributed by atoms with Crippen LogP contribution in [0.5, 0.6) is 0 Å². The largest absolute Gasteiger partial charge is 0.384 e. The summed E-state index contributed by atoms with van der Waals surface area (Å²) in [4.78, 5) is 57.7. The molecule has 0 radical (unpaired) electrons. The van der Waals surface area contributed by atoms with Gasteiger partial charge >= 0.3 is 0 Å². The number of benzene rings is 1. The van der Waals surface area contributed by atoms with Crippen molar-refractivity contribution < 1.29 is 24.0 Å². The molecule has 8 heteroatoms. The van der Waals surface area contributed by atoms with Gasteiger partial charge in [-0.3, -0.25) is 24.5 Å². The Morgan fingerprint density at radius 2 is 1.96 bits per heavy atom. The summed E-state index contributed by atoms with van der Waals surface area (Å²) in [5, 5.41) is 5.01. The van der Waals surface area contributed by atoms with E-state index in [2.05, 4.69) is 5.32 Å². The van der Waals surface area contributed by atoms with Gasteiger partial charge in [0.2, 0.25) is 12.3 Å². The van der Waals surface area contributed by atoms with Gasteiger partial charge in [0.15, 0.2) is 6.29 Å². The van der Waals surface area contributed by atoms with Crippen molar-refractivity contribution in [3.8, 4) is 0 Å². The first kappa shape index (κ1) is 21.0. The van der Waals surface area contributed by atoms with Crippen LogP contribution in [-0.2, 0) is 14.4 Å². The Labute approximate surface area is 151 Å². The molecule has 1 aromatic rings. The van der Waals surface area contributed by atoms with E-state index in [9.17, 15) is 24.0 Å². The average Bonchev–Trinajstić information content (AvgIpc) is 2.65. The van der Waals surface area contributed by atoms with Crippen LogP contribution in [0.2, 0.25) is 0 Å². The fourth-order valence-electron chi connectivity index (χ4n) is 2.36. The monoisotopic (exact) mass is 361 g/mol. The highest BCUT2D eigenvalue weighted by molar-refractivity contribution is 6.04. The molecule has 0 aliphatic carbocycles. The molecule has 1 unspecified atom stereocenters. The van der Waals surface area contributed by atoms with Gasteiger partial charge in [0.1, 0.15) is 6.29 Å². The summed E-state index contributed by atoms with van der Waals surface area (Å²) in [7, 11) is 1.59. The van der Waals surface area contributed by atoms with E-state index >= 15 is 0 Å². The van der Waals surface area contributed by atoms with Gasteiger partial charge in [-0.25, -0.2) is 0 Å². The molecule has 1 rings (SSSR count). The number of nitrogens with zero attached hydrogens (tertiary/aromatic N) is 1. The molecule has 26 heavy (non-hydrogen) atoms. The molecular formula is C18H23N3O5. The lowest BCUT2D eigenvalue weighted by atomic mass is 10.0. The lowest BCUT2D eigenvalue weighted by molar-refractivity contribution is -0.125. The van der Waals surface area contributed by atoms with Crippen LogP contribution in [0.25, 0.3) is 0 Å². The van der Waals surface area contributed by atoms with E-state index in [1.807, 2.05) is 5.32 Å². The van der Waals surface area contributed by atoms with Crippen LogP contribution in [-0.4, -0.2) is 55.3 Å². The van der Waals surface area contributed by atoms with Crippen LogP contribution in [0.3, 0.4) is 0 Å². The molecule has 8 nitrogen and oxygen atoms in total. The fraction of sp³-hybridized carbons (Fsp3) is 0.389. The van der Waals surface area contributed by atoms with Crippen molar-refractivity contribution in [2.24, 2.45) is 0 Å². The number of carbonyl (C=O) groups is 5. The van der Waals surface area contributed by atoms with Crippen LogP contribution in [0.4, 0.5) is 5.69 Å². The first-order valence-electron chi connectivity index (χ1n) is 8.22. The van der Waals surface area contributed by atoms with E-state index in [1.54, 1.807) is 32.2 Å². The summed E-state index contributed by atoms with van der Waals surface area (Å²) in [6, 6.07) is 4.60. The van der Waals surface area contributed by atoms with Gasteiger partial charge in [0, 0.05) is 38.2 Å². The predicted octanol–water partition coefficient (Wildman–Crippen LogP) is 1.01. The van der Waals surface area contributed by atoms with E-state index in [1.165, 1.54) is 4.90 Å². The molecule has 0 aromatic heterocycles. The summed E-state index contributed by atoms with van der Waals surface area (Å²) in [5.41, 5.74) is 0.947. The molecule has 0 saturated carbocycles. The van der Waals surface area contributed by atoms with Crippen LogP contribution in [0.15, 0.2) is 18.2 Å². The zero-order valence-electron chi connectivity index (χ0n) is 14.9. The third-order valence-electron chi connectivity index (χ3n) is 4.02. The highest BCUT2D eigenvalue weighted by Crippen LogP contribution is 2.21. The molecule has 1 aromatic carbocycles. The second-order valence-corrected chi connectivity index (χ2v) is 5.76. The number of nitrogens with one attached hydrogen (secondary N) is 2. The number of amides is 3. The molecule has 0 saturated heterocycles. The molecule has 140 valence electrons. The van der Waals surface area contributed by atoms with Crippen molar-refractivity contribution in [1.29, 1.82) is 0 Å². The molecule has 0 bridgehead atoms. The van der Waals surface area contributed by atoms with E-state index in [4.69, 9.17) is 0 Å². The number of carbonyl (C=O) groups excluding carboxylic acids is 5. The van der Waals surface area contributed by atoms with E-state index in [0.717, 1.165) is 6.29 Å². The van der Waals surface area contributed by atoms with Gasteiger partial charge in [-0.1, -0.05) is 6.07 Å². The minimum atomic E-state index is -0.414. The Kier molecular flexibility index (Phi) is 8.69. The zero-order valence-corrected chi connectivity index (χ0v) is 14.9. The Bertz CT molecular complexity index is 675. The van der Waals surface area contributed by atoms with E-state index < -0.39 is 5.91 Å². The maximum Gasteiger partial charge on any atom is 0.254 e.